The molecule has 1 aromatic rings. The molecule has 0 amide bonds. The van der Waals surface area contributed by atoms with E-state index in [2.05, 4.69) is 16.0 Å². The minimum atomic E-state index is -0.540. The van der Waals surface area contributed by atoms with Crippen molar-refractivity contribution >= 4 is 0 Å². The van der Waals surface area contributed by atoms with Crippen molar-refractivity contribution in [3.8, 4) is 6.07 Å². The first-order chi connectivity index (χ1) is 10.6. The molecule has 3 rings (SSSR count). The maximum absolute atomic E-state index is 10.8. The third-order valence-electron chi connectivity index (χ3n) is 5.53. The molecule has 0 bridgehead atoms. The molecule has 3 unspecified atom stereocenters. The van der Waals surface area contributed by atoms with Crippen molar-refractivity contribution in [3.05, 3.63) is 29.6 Å². The number of hydrogen-bond acceptors (Lipinski definition) is 4. The number of aromatic nitrogens is 1. The number of pyridine rings is 1. The Bertz CT molecular complexity index is 564. The summed E-state index contributed by atoms with van der Waals surface area (Å²) in [6.45, 7) is 3.87. The van der Waals surface area contributed by atoms with E-state index in [1.54, 1.807) is 12.4 Å². The van der Waals surface area contributed by atoms with Crippen molar-refractivity contribution in [2.75, 3.05) is 6.54 Å². The number of nitriles is 1. The summed E-state index contributed by atoms with van der Waals surface area (Å²) in [5.41, 5.74) is 1.19. The van der Waals surface area contributed by atoms with E-state index >= 15 is 0 Å². The lowest BCUT2D eigenvalue weighted by molar-refractivity contribution is -0.0628. The van der Waals surface area contributed by atoms with E-state index in [1.807, 2.05) is 13.0 Å². The van der Waals surface area contributed by atoms with Crippen LogP contribution in [0, 0.1) is 17.2 Å². The Kier molecular flexibility index (Phi) is 4.46. The molecule has 3 atom stereocenters. The Morgan fingerprint density at radius 2 is 2.27 bits per heavy atom. The summed E-state index contributed by atoms with van der Waals surface area (Å²) in [4.78, 5) is 6.51. The monoisotopic (exact) mass is 299 g/mol. The Balaban J connectivity index is 1.77. The van der Waals surface area contributed by atoms with Crippen molar-refractivity contribution in [2.45, 2.75) is 63.6 Å². The molecule has 1 aliphatic carbocycles. The third kappa shape index (κ3) is 3.02. The van der Waals surface area contributed by atoms with Crippen LogP contribution in [0.2, 0.25) is 0 Å². The van der Waals surface area contributed by atoms with Gasteiger partial charge in [-0.05, 0) is 50.8 Å². The first-order valence-electron chi connectivity index (χ1n) is 8.41. The molecule has 118 valence electrons. The molecule has 1 saturated heterocycles. The van der Waals surface area contributed by atoms with Gasteiger partial charge in [-0.3, -0.25) is 9.88 Å². The number of aliphatic hydroxyl groups is 1. The molecule has 1 saturated carbocycles. The van der Waals surface area contributed by atoms with E-state index in [1.165, 1.54) is 12.8 Å². The molecular weight excluding hydrogens is 274 g/mol. The first kappa shape index (κ1) is 15.5. The lowest BCUT2D eigenvalue weighted by Gasteiger charge is -2.43. The number of rotatable bonds is 3. The summed E-state index contributed by atoms with van der Waals surface area (Å²) in [6.07, 6.45) is 10.2. The molecule has 0 spiro atoms. The van der Waals surface area contributed by atoms with Crippen LogP contribution < -0.4 is 0 Å². The van der Waals surface area contributed by atoms with Gasteiger partial charge >= 0.3 is 0 Å². The van der Waals surface area contributed by atoms with Crippen LogP contribution in [-0.2, 0) is 6.54 Å². The predicted octanol–water partition coefficient (Wildman–Crippen LogP) is 2.86. The van der Waals surface area contributed by atoms with Gasteiger partial charge in [0.1, 0.15) is 6.07 Å². The van der Waals surface area contributed by atoms with Crippen LogP contribution in [0.4, 0.5) is 0 Å². The zero-order chi connectivity index (χ0) is 15.6. The molecule has 2 heterocycles. The minimum absolute atomic E-state index is 0.358. The highest BCUT2D eigenvalue weighted by molar-refractivity contribution is 5.34. The minimum Gasteiger partial charge on any atom is -0.390 e. The van der Waals surface area contributed by atoms with Crippen LogP contribution in [0.15, 0.2) is 18.5 Å². The Hall–Kier alpha value is -1.44. The van der Waals surface area contributed by atoms with Crippen molar-refractivity contribution < 1.29 is 5.11 Å². The summed E-state index contributed by atoms with van der Waals surface area (Å²) in [7, 11) is 0. The maximum Gasteiger partial charge on any atom is 0.101 e. The van der Waals surface area contributed by atoms with Gasteiger partial charge in [-0.2, -0.15) is 5.26 Å². The molecule has 1 aliphatic heterocycles. The van der Waals surface area contributed by atoms with Gasteiger partial charge in [-0.15, -0.1) is 0 Å². The number of hydrogen-bond donors (Lipinski definition) is 1. The molecule has 4 nitrogen and oxygen atoms in total. The molecular formula is C18H25N3O. The fourth-order valence-electron chi connectivity index (χ4n) is 4.33. The lowest BCUT2D eigenvalue weighted by Crippen LogP contribution is -2.48. The molecule has 2 aliphatic rings. The highest BCUT2D eigenvalue weighted by Gasteiger charge is 2.43. The van der Waals surface area contributed by atoms with Gasteiger partial charge in [-0.25, -0.2) is 0 Å². The fourth-order valence-corrected chi connectivity index (χ4v) is 4.33. The van der Waals surface area contributed by atoms with E-state index in [0.717, 1.165) is 44.3 Å². The zero-order valence-electron chi connectivity index (χ0n) is 13.3. The largest absolute Gasteiger partial charge is 0.390 e. The van der Waals surface area contributed by atoms with Gasteiger partial charge in [-0.1, -0.05) is 12.8 Å². The van der Waals surface area contributed by atoms with Crippen LogP contribution >= 0.6 is 0 Å². The average Bonchev–Trinajstić information content (AvgIpc) is 2.95. The lowest BCUT2D eigenvalue weighted by atomic mass is 9.72. The smallest absolute Gasteiger partial charge is 0.101 e. The Morgan fingerprint density at radius 3 is 3.05 bits per heavy atom. The van der Waals surface area contributed by atoms with Crippen molar-refractivity contribution in [2.24, 2.45) is 5.92 Å². The second kappa shape index (κ2) is 6.36. The predicted molar refractivity (Wildman–Crippen MR) is 85.0 cm³/mol. The quantitative estimate of drug-likeness (QED) is 0.932. The summed E-state index contributed by atoms with van der Waals surface area (Å²) in [5, 5.41) is 20.0. The normalized spacial score (nSPS) is 32.8. The maximum atomic E-state index is 10.8. The molecule has 2 fully saturated rings. The second-order valence-electron chi connectivity index (χ2n) is 7.03. The highest BCUT2D eigenvalue weighted by Crippen LogP contribution is 2.41. The van der Waals surface area contributed by atoms with E-state index < -0.39 is 5.60 Å². The van der Waals surface area contributed by atoms with E-state index in [-0.39, 0.29) is 0 Å². The van der Waals surface area contributed by atoms with Crippen LogP contribution in [0.25, 0.3) is 0 Å². The zero-order valence-corrected chi connectivity index (χ0v) is 13.3. The number of nitrogens with zero attached hydrogens (tertiary/aromatic N) is 3. The van der Waals surface area contributed by atoms with Crippen molar-refractivity contribution in [1.82, 2.24) is 9.88 Å². The summed E-state index contributed by atoms with van der Waals surface area (Å²) < 4.78 is 0. The average molecular weight is 299 g/mol. The highest BCUT2D eigenvalue weighted by atomic mass is 16.3. The van der Waals surface area contributed by atoms with Gasteiger partial charge in [0, 0.05) is 30.9 Å². The van der Waals surface area contributed by atoms with Crippen molar-refractivity contribution in [1.29, 1.82) is 5.26 Å². The van der Waals surface area contributed by atoms with E-state index in [0.29, 0.717) is 17.5 Å². The first-order valence-corrected chi connectivity index (χ1v) is 8.41. The van der Waals surface area contributed by atoms with Crippen LogP contribution in [0.1, 0.15) is 56.6 Å². The Labute approximate surface area is 132 Å². The third-order valence-corrected chi connectivity index (χ3v) is 5.53. The SMILES string of the molecule is CC1(O)CCCCC1C1CCCN1Cc1ccncc1C#N. The molecule has 22 heavy (non-hydrogen) atoms. The van der Waals surface area contributed by atoms with Crippen LogP contribution in [0.3, 0.4) is 0 Å². The van der Waals surface area contributed by atoms with Crippen LogP contribution in [-0.4, -0.2) is 33.2 Å². The molecule has 0 aromatic carbocycles. The number of likely N-dealkylation sites (tertiary alicyclic amines) is 1. The van der Waals surface area contributed by atoms with Gasteiger partial charge in [0.2, 0.25) is 0 Å². The molecule has 1 N–H and O–H groups in total. The van der Waals surface area contributed by atoms with Gasteiger partial charge in [0.05, 0.1) is 11.2 Å². The van der Waals surface area contributed by atoms with Gasteiger partial charge in [0.15, 0.2) is 0 Å². The van der Waals surface area contributed by atoms with E-state index in [4.69, 9.17) is 0 Å². The fraction of sp³-hybridized carbons (Fsp3) is 0.667. The van der Waals surface area contributed by atoms with Gasteiger partial charge in [0.25, 0.3) is 0 Å². The Morgan fingerprint density at radius 1 is 1.41 bits per heavy atom. The topological polar surface area (TPSA) is 60.1 Å². The van der Waals surface area contributed by atoms with Crippen LogP contribution in [0.5, 0.6) is 0 Å². The van der Waals surface area contributed by atoms with E-state index in [9.17, 15) is 10.4 Å². The summed E-state index contributed by atoms with van der Waals surface area (Å²) in [6, 6.07) is 4.63. The second-order valence-corrected chi connectivity index (χ2v) is 7.03. The standard InChI is InChI=1S/C18H25N3O/c1-18(22)8-3-2-5-16(18)17-6-4-10-21(17)13-14-7-9-20-12-15(14)11-19/h7,9,12,16-17,22H,2-6,8,10,13H2,1H3. The summed E-state index contributed by atoms with van der Waals surface area (Å²) >= 11 is 0. The van der Waals surface area contributed by atoms with Gasteiger partial charge < -0.3 is 5.11 Å². The molecule has 1 aromatic heterocycles. The summed E-state index contributed by atoms with van der Waals surface area (Å²) in [5.74, 6) is 0.358. The molecule has 0 radical (unpaired) electrons. The van der Waals surface area contributed by atoms with Crippen molar-refractivity contribution in [3.63, 3.8) is 0 Å². The molecule has 4 heteroatoms.